The number of carbonyl (C=O) groups is 1. The Kier molecular flexibility index (Phi) is 4.32. The first-order valence-electron chi connectivity index (χ1n) is 6.55. The molecule has 2 unspecified atom stereocenters. The van der Waals surface area contributed by atoms with E-state index in [0.717, 1.165) is 30.0 Å². The third kappa shape index (κ3) is 2.88. The van der Waals surface area contributed by atoms with Crippen LogP contribution in [0.4, 0.5) is 0 Å². The number of aryl methyl sites for hydroxylation is 2. The van der Waals surface area contributed by atoms with Crippen molar-refractivity contribution in [3.8, 4) is 0 Å². The lowest BCUT2D eigenvalue weighted by Crippen LogP contribution is -2.33. The van der Waals surface area contributed by atoms with Gasteiger partial charge < -0.3 is 5.32 Å². The summed E-state index contributed by atoms with van der Waals surface area (Å²) in [5.74, 6) is 1.18. The van der Waals surface area contributed by atoms with Crippen LogP contribution in [0.2, 0.25) is 0 Å². The molecule has 1 fully saturated rings. The molecule has 0 saturated heterocycles. The summed E-state index contributed by atoms with van der Waals surface area (Å²) in [6.45, 7) is 5.94. The summed E-state index contributed by atoms with van der Waals surface area (Å²) in [6.07, 6.45) is 3.41. The van der Waals surface area contributed by atoms with Gasteiger partial charge >= 0.3 is 0 Å². The Labute approximate surface area is 112 Å². The lowest BCUT2D eigenvalue weighted by Gasteiger charge is -2.13. The van der Waals surface area contributed by atoms with Crippen LogP contribution >= 0.6 is 11.8 Å². The summed E-state index contributed by atoms with van der Waals surface area (Å²) in [7, 11) is 0. The molecule has 2 N–H and O–H groups in total. The third-order valence-corrected chi connectivity index (χ3v) is 4.71. The average Bonchev–Trinajstić information content (AvgIpc) is 2.87. The van der Waals surface area contributed by atoms with Crippen LogP contribution in [0, 0.1) is 13.8 Å². The molecule has 1 saturated carbocycles. The van der Waals surface area contributed by atoms with E-state index in [4.69, 9.17) is 0 Å². The van der Waals surface area contributed by atoms with E-state index >= 15 is 0 Å². The summed E-state index contributed by atoms with van der Waals surface area (Å²) in [5, 5.41) is 10.8. The van der Waals surface area contributed by atoms with E-state index in [9.17, 15) is 4.79 Å². The van der Waals surface area contributed by atoms with Gasteiger partial charge in [0, 0.05) is 17.0 Å². The van der Waals surface area contributed by atoms with Gasteiger partial charge in [0.25, 0.3) is 5.91 Å². The van der Waals surface area contributed by atoms with Crippen molar-refractivity contribution in [2.24, 2.45) is 0 Å². The second-order valence-corrected chi connectivity index (χ2v) is 6.45. The van der Waals surface area contributed by atoms with Crippen LogP contribution < -0.4 is 5.32 Å². The lowest BCUT2D eigenvalue weighted by molar-refractivity contribution is 0.0937. The van der Waals surface area contributed by atoms with Gasteiger partial charge in [-0.3, -0.25) is 9.89 Å². The van der Waals surface area contributed by atoms with E-state index in [1.165, 1.54) is 6.42 Å². The van der Waals surface area contributed by atoms with Gasteiger partial charge in [-0.2, -0.15) is 16.9 Å². The minimum atomic E-state index is 0.0194. The summed E-state index contributed by atoms with van der Waals surface area (Å²) >= 11 is 2.00. The number of hydrogen-bond acceptors (Lipinski definition) is 3. The SMILES string of the molecule is CCSC1CCC(NC(=O)c2c(C)n[nH]c2C)C1. The summed E-state index contributed by atoms with van der Waals surface area (Å²) in [6, 6.07) is 0.329. The Bertz CT molecular complexity index is 410. The smallest absolute Gasteiger partial charge is 0.255 e. The molecular weight excluding hydrogens is 246 g/mol. The van der Waals surface area contributed by atoms with Gasteiger partial charge in [-0.1, -0.05) is 6.92 Å². The minimum absolute atomic E-state index is 0.0194. The topological polar surface area (TPSA) is 57.8 Å². The number of hydrogen-bond donors (Lipinski definition) is 2. The highest BCUT2D eigenvalue weighted by Gasteiger charge is 2.27. The molecule has 18 heavy (non-hydrogen) atoms. The van der Waals surface area contributed by atoms with Crippen LogP contribution in [0.3, 0.4) is 0 Å². The van der Waals surface area contributed by atoms with E-state index < -0.39 is 0 Å². The van der Waals surface area contributed by atoms with Crippen LogP contribution in [0.5, 0.6) is 0 Å². The average molecular weight is 267 g/mol. The van der Waals surface area contributed by atoms with Crippen LogP contribution in [0.1, 0.15) is 47.9 Å². The molecule has 2 atom stereocenters. The van der Waals surface area contributed by atoms with Gasteiger partial charge in [-0.05, 0) is 38.9 Å². The van der Waals surface area contributed by atoms with Crippen molar-refractivity contribution in [3.63, 3.8) is 0 Å². The standard InChI is InChI=1S/C13H21N3OS/c1-4-18-11-6-5-10(7-11)14-13(17)12-8(2)15-16-9(12)3/h10-11H,4-7H2,1-3H3,(H,14,17)(H,15,16). The van der Waals surface area contributed by atoms with E-state index in [1.54, 1.807) is 0 Å². The fraction of sp³-hybridized carbons (Fsp3) is 0.692. The predicted octanol–water partition coefficient (Wildman–Crippen LogP) is 2.43. The zero-order chi connectivity index (χ0) is 13.1. The van der Waals surface area contributed by atoms with Crippen molar-refractivity contribution in [1.29, 1.82) is 0 Å². The first-order chi connectivity index (χ1) is 8.61. The number of amides is 1. The molecule has 5 heteroatoms. The summed E-state index contributed by atoms with van der Waals surface area (Å²) in [4.78, 5) is 12.2. The van der Waals surface area contributed by atoms with Crippen LogP contribution in [0.15, 0.2) is 0 Å². The van der Waals surface area contributed by atoms with Crippen molar-refractivity contribution in [1.82, 2.24) is 15.5 Å². The van der Waals surface area contributed by atoms with Crippen molar-refractivity contribution >= 4 is 17.7 Å². The van der Waals surface area contributed by atoms with Crippen LogP contribution in [-0.2, 0) is 0 Å². The van der Waals surface area contributed by atoms with Gasteiger partial charge in [-0.15, -0.1) is 0 Å². The maximum atomic E-state index is 12.2. The van der Waals surface area contributed by atoms with E-state index in [0.29, 0.717) is 16.9 Å². The Balaban J connectivity index is 1.93. The van der Waals surface area contributed by atoms with E-state index in [-0.39, 0.29) is 5.91 Å². The molecule has 4 nitrogen and oxygen atoms in total. The van der Waals surface area contributed by atoms with Crippen LogP contribution in [0.25, 0.3) is 0 Å². The maximum Gasteiger partial charge on any atom is 0.255 e. The molecule has 1 aromatic rings. The van der Waals surface area contributed by atoms with Gasteiger partial charge in [-0.25, -0.2) is 0 Å². The highest BCUT2D eigenvalue weighted by atomic mass is 32.2. The Morgan fingerprint density at radius 1 is 1.50 bits per heavy atom. The molecule has 1 heterocycles. The molecule has 0 aliphatic heterocycles. The normalized spacial score (nSPS) is 23.3. The summed E-state index contributed by atoms with van der Waals surface area (Å²) in [5.41, 5.74) is 2.34. The number of H-pyrrole nitrogens is 1. The molecule has 1 amide bonds. The van der Waals surface area contributed by atoms with Crippen molar-refractivity contribution in [2.75, 3.05) is 5.75 Å². The lowest BCUT2D eigenvalue weighted by atomic mass is 10.1. The van der Waals surface area contributed by atoms with E-state index in [1.807, 2.05) is 25.6 Å². The van der Waals surface area contributed by atoms with Crippen molar-refractivity contribution < 1.29 is 4.79 Å². The Morgan fingerprint density at radius 2 is 2.28 bits per heavy atom. The van der Waals surface area contributed by atoms with Crippen molar-refractivity contribution in [3.05, 3.63) is 17.0 Å². The second-order valence-electron chi connectivity index (χ2n) is 4.87. The van der Waals surface area contributed by atoms with Gasteiger partial charge in [0.05, 0.1) is 11.3 Å². The Hall–Kier alpha value is -0.970. The monoisotopic (exact) mass is 267 g/mol. The third-order valence-electron chi connectivity index (χ3n) is 3.48. The van der Waals surface area contributed by atoms with E-state index in [2.05, 4.69) is 22.4 Å². The highest BCUT2D eigenvalue weighted by molar-refractivity contribution is 7.99. The minimum Gasteiger partial charge on any atom is -0.349 e. The molecule has 100 valence electrons. The predicted molar refractivity (Wildman–Crippen MR) is 75.1 cm³/mol. The second kappa shape index (κ2) is 5.78. The van der Waals surface area contributed by atoms with Crippen LogP contribution in [-0.4, -0.2) is 33.1 Å². The molecule has 0 spiro atoms. The highest BCUT2D eigenvalue weighted by Crippen LogP contribution is 2.29. The zero-order valence-electron chi connectivity index (χ0n) is 11.2. The zero-order valence-corrected chi connectivity index (χ0v) is 12.1. The molecular formula is C13H21N3OS. The fourth-order valence-corrected chi connectivity index (χ4v) is 3.74. The molecule has 0 bridgehead atoms. The van der Waals surface area contributed by atoms with Crippen molar-refractivity contribution in [2.45, 2.75) is 51.3 Å². The first kappa shape index (κ1) is 13.5. The van der Waals surface area contributed by atoms with Gasteiger partial charge in [0.15, 0.2) is 0 Å². The molecule has 1 aromatic heterocycles. The van der Waals surface area contributed by atoms with Gasteiger partial charge in [0.1, 0.15) is 0 Å². The molecule has 0 radical (unpaired) electrons. The molecule has 0 aromatic carbocycles. The summed E-state index contributed by atoms with van der Waals surface area (Å²) < 4.78 is 0. The number of nitrogens with zero attached hydrogens (tertiary/aromatic N) is 1. The number of aromatic amines is 1. The number of rotatable bonds is 4. The number of nitrogens with one attached hydrogen (secondary N) is 2. The fourth-order valence-electron chi connectivity index (χ4n) is 2.60. The number of thioether (sulfide) groups is 1. The molecule has 1 aliphatic rings. The van der Waals surface area contributed by atoms with Gasteiger partial charge in [0.2, 0.25) is 0 Å². The first-order valence-corrected chi connectivity index (χ1v) is 7.60. The Morgan fingerprint density at radius 3 is 2.89 bits per heavy atom. The molecule has 1 aliphatic carbocycles. The quantitative estimate of drug-likeness (QED) is 0.881. The number of aromatic nitrogens is 2. The maximum absolute atomic E-state index is 12.2. The number of carbonyl (C=O) groups excluding carboxylic acids is 1. The molecule has 2 rings (SSSR count). The largest absolute Gasteiger partial charge is 0.349 e.